The average Bonchev–Trinajstić information content (AvgIpc) is 2.60. The van der Waals surface area contributed by atoms with Gasteiger partial charge in [0.2, 0.25) is 0 Å². The Kier molecular flexibility index (Phi) is 7.33. The molecule has 2 rings (SSSR count). The number of rotatable bonds is 7. The van der Waals surface area contributed by atoms with Crippen LogP contribution in [-0.4, -0.2) is 10.2 Å². The van der Waals surface area contributed by atoms with Crippen molar-refractivity contribution in [3.8, 4) is 11.8 Å². The third-order valence-electron chi connectivity index (χ3n) is 3.86. The van der Waals surface area contributed by atoms with Crippen molar-refractivity contribution in [3.05, 3.63) is 58.9 Å². The molecule has 2 heteroatoms. The molecule has 0 fully saturated rings. The van der Waals surface area contributed by atoms with Crippen LogP contribution >= 0.6 is 0 Å². The summed E-state index contributed by atoms with van der Waals surface area (Å²) in [6.07, 6.45) is 8.32. The molecule has 1 aromatic carbocycles. The quantitative estimate of drug-likeness (QED) is 0.534. The van der Waals surface area contributed by atoms with Crippen molar-refractivity contribution in [2.24, 2.45) is 0 Å². The van der Waals surface area contributed by atoms with Gasteiger partial charge in [0, 0.05) is 5.56 Å². The van der Waals surface area contributed by atoms with Gasteiger partial charge in [0.1, 0.15) is 5.69 Å². The lowest BCUT2D eigenvalue weighted by Crippen LogP contribution is -1.94. The van der Waals surface area contributed by atoms with Crippen LogP contribution < -0.4 is 0 Å². The second kappa shape index (κ2) is 9.79. The van der Waals surface area contributed by atoms with E-state index in [-0.39, 0.29) is 0 Å². The zero-order valence-corrected chi connectivity index (χ0v) is 14.3. The van der Waals surface area contributed by atoms with E-state index in [1.165, 1.54) is 31.2 Å². The molecule has 23 heavy (non-hydrogen) atoms. The van der Waals surface area contributed by atoms with E-state index in [0.29, 0.717) is 0 Å². The van der Waals surface area contributed by atoms with Crippen LogP contribution in [0.3, 0.4) is 0 Å². The van der Waals surface area contributed by atoms with Crippen LogP contribution in [0.5, 0.6) is 0 Å². The number of hydrogen-bond acceptors (Lipinski definition) is 2. The van der Waals surface area contributed by atoms with Crippen LogP contribution in [0.25, 0.3) is 0 Å². The molecule has 0 aliphatic heterocycles. The fourth-order valence-corrected chi connectivity index (χ4v) is 2.39. The number of benzene rings is 1. The van der Waals surface area contributed by atoms with Gasteiger partial charge in [-0.15, -0.1) is 5.10 Å². The van der Waals surface area contributed by atoms with Crippen LogP contribution in [-0.2, 0) is 12.8 Å². The number of unbranched alkanes of at least 4 members (excludes halogenated alkanes) is 3. The second-order valence-corrected chi connectivity index (χ2v) is 5.92. The first-order chi connectivity index (χ1) is 11.3. The Morgan fingerprint density at radius 1 is 0.739 bits per heavy atom. The predicted octanol–water partition coefficient (Wildman–Crippen LogP) is 4.95. The van der Waals surface area contributed by atoms with Gasteiger partial charge in [-0.05, 0) is 61.4 Å². The lowest BCUT2D eigenvalue weighted by atomic mass is 10.1. The van der Waals surface area contributed by atoms with Gasteiger partial charge in [-0.3, -0.25) is 0 Å². The zero-order valence-electron chi connectivity index (χ0n) is 14.3. The van der Waals surface area contributed by atoms with Crippen LogP contribution in [0.2, 0.25) is 0 Å². The molecule has 1 aromatic heterocycles. The predicted molar refractivity (Wildman–Crippen MR) is 96.3 cm³/mol. The monoisotopic (exact) mass is 306 g/mol. The molecule has 0 saturated heterocycles. The molecule has 2 aromatic rings. The first kappa shape index (κ1) is 17.2. The summed E-state index contributed by atoms with van der Waals surface area (Å²) >= 11 is 0. The lowest BCUT2D eigenvalue weighted by Gasteiger charge is -2.00. The minimum atomic E-state index is 0.734. The van der Waals surface area contributed by atoms with Crippen LogP contribution in [0.4, 0.5) is 0 Å². The standard InChI is InChI=1S/C21H26N2/c1-3-5-7-8-18-10-12-19(13-11-18)14-15-21-17-16-20(22-23-21)9-6-4-2/h10-13,16-17H,3-9H2,1-2H3. The highest BCUT2D eigenvalue weighted by Crippen LogP contribution is 2.08. The van der Waals surface area contributed by atoms with E-state index < -0.39 is 0 Å². The molecule has 0 bridgehead atoms. The first-order valence-corrected chi connectivity index (χ1v) is 8.75. The van der Waals surface area contributed by atoms with Gasteiger partial charge in [0.15, 0.2) is 0 Å². The zero-order chi connectivity index (χ0) is 16.3. The molecule has 0 aliphatic rings. The minimum absolute atomic E-state index is 0.734. The van der Waals surface area contributed by atoms with Crippen LogP contribution in [0.1, 0.15) is 68.5 Å². The Hall–Kier alpha value is -2.14. The highest BCUT2D eigenvalue weighted by molar-refractivity contribution is 5.40. The number of aromatic nitrogens is 2. The number of aryl methyl sites for hydroxylation is 2. The van der Waals surface area contributed by atoms with Gasteiger partial charge in [-0.2, -0.15) is 5.10 Å². The maximum absolute atomic E-state index is 4.23. The summed E-state index contributed by atoms with van der Waals surface area (Å²) in [6, 6.07) is 12.5. The maximum Gasteiger partial charge on any atom is 0.136 e. The summed E-state index contributed by atoms with van der Waals surface area (Å²) in [5, 5.41) is 8.42. The molecule has 120 valence electrons. The smallest absolute Gasteiger partial charge is 0.136 e. The topological polar surface area (TPSA) is 25.8 Å². The Bertz CT molecular complexity index is 630. The Morgan fingerprint density at radius 2 is 1.52 bits per heavy atom. The summed E-state index contributed by atoms with van der Waals surface area (Å²) in [4.78, 5) is 0. The van der Waals surface area contributed by atoms with Crippen molar-refractivity contribution in [2.45, 2.75) is 58.8 Å². The van der Waals surface area contributed by atoms with Crippen molar-refractivity contribution < 1.29 is 0 Å². The fourth-order valence-electron chi connectivity index (χ4n) is 2.39. The molecule has 0 saturated carbocycles. The normalized spacial score (nSPS) is 10.2. The SMILES string of the molecule is CCCCCc1ccc(C#Cc2ccc(CCCC)nn2)cc1. The van der Waals surface area contributed by atoms with Gasteiger partial charge >= 0.3 is 0 Å². The minimum Gasteiger partial charge on any atom is -0.154 e. The Labute approximate surface area is 140 Å². The van der Waals surface area contributed by atoms with Crippen molar-refractivity contribution in [1.29, 1.82) is 0 Å². The molecule has 0 unspecified atom stereocenters. The molecule has 0 atom stereocenters. The molecule has 0 radical (unpaired) electrons. The number of nitrogens with zero attached hydrogens (tertiary/aromatic N) is 2. The molecular formula is C21H26N2. The third kappa shape index (κ3) is 6.24. The summed E-state index contributed by atoms with van der Waals surface area (Å²) in [7, 11) is 0. The average molecular weight is 306 g/mol. The van der Waals surface area contributed by atoms with Crippen molar-refractivity contribution in [3.63, 3.8) is 0 Å². The Balaban J connectivity index is 1.93. The van der Waals surface area contributed by atoms with E-state index in [4.69, 9.17) is 0 Å². The lowest BCUT2D eigenvalue weighted by molar-refractivity contribution is 0.717. The van der Waals surface area contributed by atoms with E-state index in [1.54, 1.807) is 0 Å². The summed E-state index contributed by atoms with van der Waals surface area (Å²) in [5.74, 6) is 6.26. The van der Waals surface area contributed by atoms with Crippen LogP contribution in [0, 0.1) is 11.8 Å². The first-order valence-electron chi connectivity index (χ1n) is 8.75. The van der Waals surface area contributed by atoms with Crippen LogP contribution in [0.15, 0.2) is 36.4 Å². The molecule has 0 amide bonds. The van der Waals surface area contributed by atoms with E-state index >= 15 is 0 Å². The van der Waals surface area contributed by atoms with E-state index in [2.05, 4.69) is 60.2 Å². The van der Waals surface area contributed by atoms with E-state index in [1.807, 2.05) is 12.1 Å². The fraction of sp³-hybridized carbons (Fsp3) is 0.429. The molecule has 2 nitrogen and oxygen atoms in total. The highest BCUT2D eigenvalue weighted by Gasteiger charge is 1.96. The molecule has 0 aliphatic carbocycles. The van der Waals surface area contributed by atoms with Crippen molar-refractivity contribution in [2.75, 3.05) is 0 Å². The molecule has 0 N–H and O–H groups in total. The number of hydrogen-bond donors (Lipinski definition) is 0. The largest absolute Gasteiger partial charge is 0.154 e. The Morgan fingerprint density at radius 3 is 2.17 bits per heavy atom. The van der Waals surface area contributed by atoms with Gasteiger partial charge < -0.3 is 0 Å². The summed E-state index contributed by atoms with van der Waals surface area (Å²) < 4.78 is 0. The van der Waals surface area contributed by atoms with Gasteiger partial charge in [0.05, 0.1) is 5.69 Å². The van der Waals surface area contributed by atoms with Crippen molar-refractivity contribution >= 4 is 0 Å². The highest BCUT2D eigenvalue weighted by atomic mass is 15.1. The summed E-state index contributed by atoms with van der Waals surface area (Å²) in [6.45, 7) is 4.42. The molecule has 0 spiro atoms. The second-order valence-electron chi connectivity index (χ2n) is 5.92. The maximum atomic E-state index is 4.23. The van der Waals surface area contributed by atoms with Gasteiger partial charge in [0.25, 0.3) is 0 Å². The van der Waals surface area contributed by atoms with Gasteiger partial charge in [-0.1, -0.05) is 51.2 Å². The summed E-state index contributed by atoms with van der Waals surface area (Å²) in [5.41, 5.74) is 4.20. The van der Waals surface area contributed by atoms with Gasteiger partial charge in [-0.25, -0.2) is 0 Å². The van der Waals surface area contributed by atoms with E-state index in [0.717, 1.165) is 36.2 Å². The third-order valence-corrected chi connectivity index (χ3v) is 3.86. The van der Waals surface area contributed by atoms with E-state index in [9.17, 15) is 0 Å². The molecular weight excluding hydrogens is 280 g/mol. The molecule has 1 heterocycles. The van der Waals surface area contributed by atoms with Crippen molar-refractivity contribution in [1.82, 2.24) is 10.2 Å².